The second-order valence-corrected chi connectivity index (χ2v) is 11.0. The van der Waals surface area contributed by atoms with E-state index in [1.54, 1.807) is 0 Å². The van der Waals surface area contributed by atoms with E-state index in [1.165, 1.54) is 5.56 Å². The van der Waals surface area contributed by atoms with E-state index in [0.717, 1.165) is 82.7 Å². The monoisotopic (exact) mass is 551 g/mol. The minimum absolute atomic E-state index is 0.907. The summed E-state index contributed by atoms with van der Waals surface area (Å²) in [6.45, 7) is 0. The van der Waals surface area contributed by atoms with E-state index in [4.69, 9.17) is 8.83 Å². The van der Waals surface area contributed by atoms with Gasteiger partial charge in [-0.1, -0.05) is 109 Å². The largest absolute Gasteiger partial charge is 0.455 e. The average Bonchev–Trinajstić information content (AvgIpc) is 3.64. The molecule has 0 saturated heterocycles. The van der Waals surface area contributed by atoms with Crippen molar-refractivity contribution in [3.05, 3.63) is 146 Å². The van der Waals surface area contributed by atoms with Crippen molar-refractivity contribution < 1.29 is 8.83 Å². The molecule has 0 fully saturated rings. The molecule has 0 aliphatic heterocycles. The Balaban J connectivity index is 1.13. The lowest BCUT2D eigenvalue weighted by Crippen LogP contribution is -1.94. The smallest absolute Gasteiger partial charge is 0.143 e. The third-order valence-electron chi connectivity index (χ3n) is 8.48. The van der Waals surface area contributed by atoms with E-state index in [1.807, 2.05) is 24.3 Å². The molecule has 1 N–H and O–H groups in total. The maximum atomic E-state index is 6.35. The predicted molar refractivity (Wildman–Crippen MR) is 179 cm³/mol. The Morgan fingerprint density at radius 2 is 0.930 bits per heavy atom. The summed E-state index contributed by atoms with van der Waals surface area (Å²) in [5.41, 5.74) is 10.3. The van der Waals surface area contributed by atoms with Crippen molar-refractivity contribution in [2.45, 2.75) is 0 Å². The number of hydrogen-bond acceptors (Lipinski definition) is 3. The lowest BCUT2D eigenvalue weighted by Gasteiger charge is -2.15. The van der Waals surface area contributed by atoms with Crippen LogP contribution in [0, 0.1) is 0 Å². The van der Waals surface area contributed by atoms with Crippen molar-refractivity contribution in [2.75, 3.05) is 5.32 Å². The molecule has 0 amide bonds. The molecule has 9 rings (SSSR count). The van der Waals surface area contributed by atoms with Gasteiger partial charge in [0.2, 0.25) is 0 Å². The number of furan rings is 2. The van der Waals surface area contributed by atoms with Gasteiger partial charge < -0.3 is 14.2 Å². The SMILES string of the molecule is c1ccc(-c2cc3c4ccccc4oc3c3ccccc23)c(Nc2ccc(-c3cccc4c3oc3ccccc34)cc2)c1. The molecule has 202 valence electrons. The third-order valence-corrected chi connectivity index (χ3v) is 8.48. The standard InChI is InChI=1S/C40H25NO2/c1-2-14-32-28(10-1)34(24-35-31-13-5-8-19-38(31)43-40(32)35)29-11-3-6-17-36(29)41-26-22-20-25(21-23-26)27-15-9-16-33-30-12-4-7-18-37(30)42-39(27)33/h1-24,41H. The molecular formula is C40H25NO2. The van der Waals surface area contributed by atoms with Crippen LogP contribution in [0.1, 0.15) is 0 Å². The van der Waals surface area contributed by atoms with Crippen LogP contribution in [-0.4, -0.2) is 0 Å². The molecule has 3 heteroatoms. The predicted octanol–water partition coefficient (Wildman–Crippen LogP) is 11.7. The van der Waals surface area contributed by atoms with Crippen LogP contribution in [0.4, 0.5) is 11.4 Å². The first-order valence-corrected chi connectivity index (χ1v) is 14.5. The zero-order chi connectivity index (χ0) is 28.3. The zero-order valence-corrected chi connectivity index (χ0v) is 23.2. The Morgan fingerprint density at radius 1 is 0.372 bits per heavy atom. The zero-order valence-electron chi connectivity index (χ0n) is 23.2. The molecule has 43 heavy (non-hydrogen) atoms. The Hall–Kier alpha value is -5.80. The van der Waals surface area contributed by atoms with Gasteiger partial charge in [0.25, 0.3) is 0 Å². The van der Waals surface area contributed by atoms with Crippen molar-refractivity contribution in [2.24, 2.45) is 0 Å². The van der Waals surface area contributed by atoms with E-state index >= 15 is 0 Å². The second-order valence-electron chi connectivity index (χ2n) is 11.0. The first-order chi connectivity index (χ1) is 21.3. The third kappa shape index (κ3) is 3.75. The first-order valence-electron chi connectivity index (χ1n) is 14.5. The fourth-order valence-electron chi connectivity index (χ4n) is 6.46. The van der Waals surface area contributed by atoms with Gasteiger partial charge in [-0.2, -0.15) is 0 Å². The molecule has 3 nitrogen and oxygen atoms in total. The van der Waals surface area contributed by atoms with Gasteiger partial charge in [0, 0.05) is 49.4 Å². The van der Waals surface area contributed by atoms with Crippen molar-refractivity contribution in [1.29, 1.82) is 0 Å². The van der Waals surface area contributed by atoms with Gasteiger partial charge in [0.1, 0.15) is 22.3 Å². The molecule has 0 atom stereocenters. The highest BCUT2D eigenvalue weighted by molar-refractivity contribution is 6.19. The van der Waals surface area contributed by atoms with Crippen molar-refractivity contribution in [3.8, 4) is 22.3 Å². The lowest BCUT2D eigenvalue weighted by molar-refractivity contribution is 0.670. The van der Waals surface area contributed by atoms with Crippen molar-refractivity contribution in [1.82, 2.24) is 0 Å². The maximum Gasteiger partial charge on any atom is 0.143 e. The normalized spacial score (nSPS) is 11.7. The van der Waals surface area contributed by atoms with Gasteiger partial charge in [-0.25, -0.2) is 0 Å². The van der Waals surface area contributed by atoms with Crippen LogP contribution in [0.25, 0.3) is 76.9 Å². The quantitative estimate of drug-likeness (QED) is 0.236. The van der Waals surface area contributed by atoms with Crippen molar-refractivity contribution in [3.63, 3.8) is 0 Å². The average molecular weight is 552 g/mol. The number of para-hydroxylation sites is 4. The number of nitrogens with one attached hydrogen (secondary N) is 1. The van der Waals surface area contributed by atoms with E-state index < -0.39 is 0 Å². The van der Waals surface area contributed by atoms with Crippen LogP contribution in [0.3, 0.4) is 0 Å². The van der Waals surface area contributed by atoms with Gasteiger partial charge in [0.05, 0.1) is 0 Å². The molecule has 7 aromatic carbocycles. The summed E-state index contributed by atoms with van der Waals surface area (Å²) in [4.78, 5) is 0. The summed E-state index contributed by atoms with van der Waals surface area (Å²) in [7, 11) is 0. The number of rotatable bonds is 4. The minimum atomic E-state index is 0.907. The Bertz CT molecular complexity index is 2480. The molecule has 0 aliphatic carbocycles. The van der Waals surface area contributed by atoms with E-state index in [9.17, 15) is 0 Å². The number of hydrogen-bond donors (Lipinski definition) is 1. The van der Waals surface area contributed by atoms with E-state index in [2.05, 4.69) is 127 Å². The molecule has 2 aromatic heterocycles. The molecule has 0 spiro atoms. The molecule has 0 unspecified atom stereocenters. The van der Waals surface area contributed by atoms with Gasteiger partial charge in [-0.15, -0.1) is 0 Å². The van der Waals surface area contributed by atoms with Gasteiger partial charge in [0.15, 0.2) is 0 Å². The first kappa shape index (κ1) is 23.9. The van der Waals surface area contributed by atoms with Crippen LogP contribution in [0.2, 0.25) is 0 Å². The highest BCUT2D eigenvalue weighted by Gasteiger charge is 2.17. The summed E-state index contributed by atoms with van der Waals surface area (Å²) >= 11 is 0. The topological polar surface area (TPSA) is 38.3 Å². The fraction of sp³-hybridized carbons (Fsp3) is 0. The highest BCUT2D eigenvalue weighted by atomic mass is 16.3. The van der Waals surface area contributed by atoms with Crippen molar-refractivity contribution >= 4 is 66.0 Å². The molecule has 0 saturated carbocycles. The maximum absolute atomic E-state index is 6.35. The van der Waals surface area contributed by atoms with Crippen LogP contribution in [0.15, 0.2) is 154 Å². The molecule has 0 aliphatic rings. The Labute approximate surface area is 247 Å². The van der Waals surface area contributed by atoms with Crippen LogP contribution in [-0.2, 0) is 0 Å². The number of benzene rings is 7. The summed E-state index contributed by atoms with van der Waals surface area (Å²) < 4.78 is 12.6. The van der Waals surface area contributed by atoms with Crippen LogP contribution >= 0.6 is 0 Å². The fourth-order valence-corrected chi connectivity index (χ4v) is 6.46. The molecular weight excluding hydrogens is 526 g/mol. The number of anilines is 2. The van der Waals surface area contributed by atoms with Crippen LogP contribution < -0.4 is 5.32 Å². The summed E-state index contributed by atoms with van der Waals surface area (Å²) in [5, 5.41) is 10.5. The van der Waals surface area contributed by atoms with E-state index in [-0.39, 0.29) is 0 Å². The minimum Gasteiger partial charge on any atom is -0.455 e. The Morgan fingerprint density at radius 3 is 1.72 bits per heavy atom. The van der Waals surface area contributed by atoms with Gasteiger partial charge in [-0.3, -0.25) is 0 Å². The molecule has 0 bridgehead atoms. The molecule has 0 radical (unpaired) electrons. The summed E-state index contributed by atoms with van der Waals surface area (Å²) in [6, 6.07) is 50.7. The van der Waals surface area contributed by atoms with Gasteiger partial charge >= 0.3 is 0 Å². The van der Waals surface area contributed by atoms with Gasteiger partial charge in [-0.05, 0) is 52.9 Å². The molecule has 2 heterocycles. The van der Waals surface area contributed by atoms with E-state index in [0.29, 0.717) is 0 Å². The lowest BCUT2D eigenvalue weighted by atomic mass is 9.94. The Kier molecular flexibility index (Phi) is 5.20. The highest BCUT2D eigenvalue weighted by Crippen LogP contribution is 2.42. The number of fused-ring (bicyclic) bond motifs is 8. The molecule has 9 aromatic rings. The van der Waals surface area contributed by atoms with Crippen LogP contribution in [0.5, 0.6) is 0 Å². The second kappa shape index (κ2) is 9.37. The summed E-state index contributed by atoms with van der Waals surface area (Å²) in [5.74, 6) is 0. The summed E-state index contributed by atoms with van der Waals surface area (Å²) in [6.07, 6.45) is 0.